The topological polar surface area (TPSA) is 20.3 Å². The normalized spacial score (nSPS) is 21.9. The Morgan fingerprint density at radius 3 is 2.88 bits per heavy atom. The maximum absolute atomic E-state index is 11.5. The standard InChI is InChI=1S/C14H25NO/c1-3-4-5-6-8-11-15-12-9-7-10-14(15)13(2)16/h3,14H,1,4-12H2,2H3. The highest BCUT2D eigenvalue weighted by Crippen LogP contribution is 2.18. The zero-order valence-electron chi connectivity index (χ0n) is 10.6. The van der Waals surface area contributed by atoms with Crippen molar-refractivity contribution in [3.8, 4) is 0 Å². The van der Waals surface area contributed by atoms with Crippen LogP contribution < -0.4 is 0 Å². The predicted octanol–water partition coefficient (Wildman–Crippen LogP) is 3.18. The van der Waals surface area contributed by atoms with Crippen molar-refractivity contribution in [1.82, 2.24) is 4.90 Å². The van der Waals surface area contributed by atoms with Crippen LogP contribution in [0.2, 0.25) is 0 Å². The number of hydrogen-bond acceptors (Lipinski definition) is 2. The van der Waals surface area contributed by atoms with Gasteiger partial charge >= 0.3 is 0 Å². The van der Waals surface area contributed by atoms with E-state index in [1.54, 1.807) is 6.92 Å². The fourth-order valence-corrected chi connectivity index (χ4v) is 2.50. The van der Waals surface area contributed by atoms with E-state index in [2.05, 4.69) is 11.5 Å². The molecule has 1 heterocycles. The van der Waals surface area contributed by atoms with Crippen LogP contribution in [0.3, 0.4) is 0 Å². The number of carbonyl (C=O) groups excluding carboxylic acids is 1. The molecule has 0 N–H and O–H groups in total. The molecule has 0 aliphatic carbocycles. The molecule has 0 aromatic carbocycles. The van der Waals surface area contributed by atoms with E-state index in [0.717, 1.165) is 25.9 Å². The lowest BCUT2D eigenvalue weighted by Gasteiger charge is -2.34. The van der Waals surface area contributed by atoms with E-state index in [4.69, 9.17) is 0 Å². The Morgan fingerprint density at radius 1 is 1.38 bits per heavy atom. The molecule has 1 rings (SSSR count). The van der Waals surface area contributed by atoms with Crippen LogP contribution >= 0.6 is 0 Å². The zero-order chi connectivity index (χ0) is 11.8. The first-order chi connectivity index (χ1) is 7.75. The van der Waals surface area contributed by atoms with Crippen molar-refractivity contribution < 1.29 is 4.79 Å². The van der Waals surface area contributed by atoms with E-state index in [0.29, 0.717) is 5.78 Å². The third-order valence-corrected chi connectivity index (χ3v) is 3.44. The first-order valence-corrected chi connectivity index (χ1v) is 6.61. The van der Waals surface area contributed by atoms with Gasteiger partial charge in [0, 0.05) is 0 Å². The highest BCUT2D eigenvalue weighted by molar-refractivity contribution is 5.81. The second kappa shape index (κ2) is 7.61. The molecule has 0 aromatic rings. The van der Waals surface area contributed by atoms with Crippen LogP contribution in [-0.4, -0.2) is 29.8 Å². The van der Waals surface area contributed by atoms with Crippen molar-refractivity contribution in [2.24, 2.45) is 0 Å². The van der Waals surface area contributed by atoms with Gasteiger partial charge in [-0.2, -0.15) is 0 Å². The Labute approximate surface area is 99.7 Å². The summed E-state index contributed by atoms with van der Waals surface area (Å²) in [6, 6.07) is 0.216. The smallest absolute Gasteiger partial charge is 0.146 e. The third-order valence-electron chi connectivity index (χ3n) is 3.44. The minimum absolute atomic E-state index is 0.216. The number of Topliss-reactive ketones (excluding diaryl/α,β-unsaturated/α-hetero) is 1. The molecule has 16 heavy (non-hydrogen) atoms. The fraction of sp³-hybridized carbons (Fsp3) is 0.786. The second-order valence-electron chi connectivity index (χ2n) is 4.80. The van der Waals surface area contributed by atoms with Crippen molar-refractivity contribution in [1.29, 1.82) is 0 Å². The Balaban J connectivity index is 2.22. The van der Waals surface area contributed by atoms with E-state index < -0.39 is 0 Å². The molecule has 1 atom stereocenters. The lowest BCUT2D eigenvalue weighted by Crippen LogP contribution is -2.44. The number of piperidine rings is 1. The molecule has 0 aromatic heterocycles. The number of carbonyl (C=O) groups is 1. The maximum atomic E-state index is 11.5. The molecule has 2 nitrogen and oxygen atoms in total. The van der Waals surface area contributed by atoms with Crippen LogP contribution in [0.15, 0.2) is 12.7 Å². The first kappa shape index (κ1) is 13.4. The van der Waals surface area contributed by atoms with Crippen molar-refractivity contribution in [2.75, 3.05) is 13.1 Å². The molecule has 0 amide bonds. The monoisotopic (exact) mass is 223 g/mol. The van der Waals surface area contributed by atoms with Gasteiger partial charge in [-0.3, -0.25) is 9.69 Å². The molecule has 0 spiro atoms. The van der Waals surface area contributed by atoms with Crippen LogP contribution in [0.25, 0.3) is 0 Å². The lowest BCUT2D eigenvalue weighted by molar-refractivity contribution is -0.123. The van der Waals surface area contributed by atoms with E-state index in [-0.39, 0.29) is 6.04 Å². The summed E-state index contributed by atoms with van der Waals surface area (Å²) in [4.78, 5) is 13.9. The van der Waals surface area contributed by atoms with E-state index in [1.165, 1.54) is 32.1 Å². The summed E-state index contributed by atoms with van der Waals surface area (Å²) < 4.78 is 0. The number of allylic oxidation sites excluding steroid dienone is 1. The van der Waals surface area contributed by atoms with Crippen molar-refractivity contribution >= 4 is 5.78 Å². The summed E-state index contributed by atoms with van der Waals surface area (Å²) in [5.74, 6) is 0.353. The number of rotatable bonds is 7. The summed E-state index contributed by atoms with van der Waals surface area (Å²) in [6.45, 7) is 7.68. The molecule has 92 valence electrons. The molecular formula is C14H25NO. The fourth-order valence-electron chi connectivity index (χ4n) is 2.50. The third kappa shape index (κ3) is 4.48. The molecule has 0 saturated carbocycles. The zero-order valence-corrected chi connectivity index (χ0v) is 10.6. The minimum Gasteiger partial charge on any atom is -0.298 e. The highest BCUT2D eigenvalue weighted by atomic mass is 16.1. The van der Waals surface area contributed by atoms with Gasteiger partial charge in [0.15, 0.2) is 0 Å². The highest BCUT2D eigenvalue weighted by Gasteiger charge is 2.24. The Kier molecular flexibility index (Phi) is 6.39. The van der Waals surface area contributed by atoms with Crippen molar-refractivity contribution in [3.63, 3.8) is 0 Å². The molecule has 2 heteroatoms. The summed E-state index contributed by atoms with van der Waals surface area (Å²) in [5.41, 5.74) is 0. The van der Waals surface area contributed by atoms with Crippen LogP contribution in [0, 0.1) is 0 Å². The average Bonchev–Trinajstić information content (AvgIpc) is 2.29. The van der Waals surface area contributed by atoms with Gasteiger partial charge in [0.05, 0.1) is 6.04 Å². The summed E-state index contributed by atoms with van der Waals surface area (Å²) in [7, 11) is 0. The van der Waals surface area contributed by atoms with Crippen LogP contribution in [0.5, 0.6) is 0 Å². The number of likely N-dealkylation sites (tertiary alicyclic amines) is 1. The van der Waals surface area contributed by atoms with Crippen molar-refractivity contribution in [2.45, 2.75) is 57.9 Å². The molecule has 1 saturated heterocycles. The Bertz CT molecular complexity index is 225. The van der Waals surface area contributed by atoms with Gasteiger partial charge in [-0.1, -0.05) is 18.9 Å². The number of nitrogens with zero attached hydrogens (tertiary/aromatic N) is 1. The molecular weight excluding hydrogens is 198 g/mol. The molecule has 1 aliphatic rings. The van der Waals surface area contributed by atoms with E-state index >= 15 is 0 Å². The summed E-state index contributed by atoms with van der Waals surface area (Å²) in [6.07, 6.45) is 10.4. The van der Waals surface area contributed by atoms with Gasteiger partial charge in [0.25, 0.3) is 0 Å². The molecule has 1 fully saturated rings. The quantitative estimate of drug-likeness (QED) is 0.488. The minimum atomic E-state index is 0.216. The lowest BCUT2D eigenvalue weighted by atomic mass is 9.98. The SMILES string of the molecule is C=CCCCCCN1CCCCC1C(C)=O. The number of ketones is 1. The van der Waals surface area contributed by atoms with Gasteiger partial charge in [0.2, 0.25) is 0 Å². The Morgan fingerprint density at radius 2 is 2.19 bits per heavy atom. The van der Waals surface area contributed by atoms with E-state index in [1.807, 2.05) is 6.08 Å². The van der Waals surface area contributed by atoms with Crippen LogP contribution in [0.4, 0.5) is 0 Å². The molecule has 0 bridgehead atoms. The number of hydrogen-bond donors (Lipinski definition) is 0. The number of unbranched alkanes of at least 4 members (excludes halogenated alkanes) is 3. The average molecular weight is 223 g/mol. The van der Waals surface area contributed by atoms with Gasteiger partial charge in [-0.15, -0.1) is 6.58 Å². The predicted molar refractivity (Wildman–Crippen MR) is 68.6 cm³/mol. The molecule has 0 radical (unpaired) electrons. The summed E-state index contributed by atoms with van der Waals surface area (Å²) >= 11 is 0. The van der Waals surface area contributed by atoms with Crippen LogP contribution in [0.1, 0.15) is 51.9 Å². The van der Waals surface area contributed by atoms with Gasteiger partial charge < -0.3 is 0 Å². The second-order valence-corrected chi connectivity index (χ2v) is 4.80. The first-order valence-electron chi connectivity index (χ1n) is 6.61. The van der Waals surface area contributed by atoms with Gasteiger partial charge in [-0.05, 0) is 52.1 Å². The molecule has 1 unspecified atom stereocenters. The van der Waals surface area contributed by atoms with Gasteiger partial charge in [0.1, 0.15) is 5.78 Å². The maximum Gasteiger partial charge on any atom is 0.146 e. The Hall–Kier alpha value is -0.630. The largest absolute Gasteiger partial charge is 0.298 e. The van der Waals surface area contributed by atoms with Crippen molar-refractivity contribution in [3.05, 3.63) is 12.7 Å². The molecule has 1 aliphatic heterocycles. The van der Waals surface area contributed by atoms with Crippen LogP contribution in [-0.2, 0) is 4.79 Å². The summed E-state index contributed by atoms with van der Waals surface area (Å²) in [5, 5.41) is 0. The van der Waals surface area contributed by atoms with Gasteiger partial charge in [-0.25, -0.2) is 0 Å². The van der Waals surface area contributed by atoms with E-state index in [9.17, 15) is 4.79 Å².